The molecule has 0 aliphatic rings. The number of carbonyl (C=O) groups is 2. The van der Waals surface area contributed by atoms with Gasteiger partial charge in [0.15, 0.2) is 6.61 Å². The predicted molar refractivity (Wildman–Crippen MR) is 118 cm³/mol. The number of hydrogen-bond acceptors (Lipinski definition) is 4. The van der Waals surface area contributed by atoms with Crippen LogP contribution in [-0.2, 0) is 16.1 Å². The summed E-state index contributed by atoms with van der Waals surface area (Å²) in [7, 11) is 1.59. The molecule has 0 radical (unpaired) electrons. The van der Waals surface area contributed by atoms with E-state index in [4.69, 9.17) is 9.47 Å². The Morgan fingerprint density at radius 2 is 1.73 bits per heavy atom. The van der Waals surface area contributed by atoms with Gasteiger partial charge in [0, 0.05) is 12.6 Å². The Morgan fingerprint density at radius 3 is 2.33 bits per heavy atom. The molecule has 0 heterocycles. The molecule has 1 N–H and O–H groups in total. The van der Waals surface area contributed by atoms with Gasteiger partial charge in [-0.15, -0.1) is 0 Å². The van der Waals surface area contributed by atoms with Crippen LogP contribution in [0.2, 0.25) is 0 Å². The number of carbonyl (C=O) groups excluding carboxylic acids is 2. The molecule has 2 amide bonds. The van der Waals surface area contributed by atoms with Gasteiger partial charge in [-0.3, -0.25) is 9.59 Å². The average Bonchev–Trinajstić information content (AvgIpc) is 2.75. The van der Waals surface area contributed by atoms with Crippen LogP contribution in [0.1, 0.15) is 38.3 Å². The number of aryl methyl sites for hydroxylation is 1. The minimum absolute atomic E-state index is 0.0476. The van der Waals surface area contributed by atoms with Gasteiger partial charge in [0.2, 0.25) is 5.91 Å². The van der Waals surface area contributed by atoms with Crippen LogP contribution in [0.3, 0.4) is 0 Å². The molecule has 0 aromatic heterocycles. The fourth-order valence-electron chi connectivity index (χ4n) is 2.96. The third-order valence-electron chi connectivity index (χ3n) is 5.03. The molecule has 30 heavy (non-hydrogen) atoms. The standard InChI is InChI=1S/C24H32N2O4/c1-6-18(3)25-24(28)19(4)26(15-20-9-7-8-17(2)14-20)23(27)16-30-22-12-10-21(29-5)11-13-22/h7-14,18-19H,6,15-16H2,1-5H3,(H,25,28)/t18-,19+/m0/s1. The van der Waals surface area contributed by atoms with Crippen molar-refractivity contribution in [2.45, 2.75) is 52.7 Å². The van der Waals surface area contributed by atoms with Crippen molar-refractivity contribution in [1.29, 1.82) is 0 Å². The molecule has 2 rings (SSSR count). The van der Waals surface area contributed by atoms with E-state index in [1.54, 1.807) is 43.2 Å². The molecule has 0 saturated carbocycles. The van der Waals surface area contributed by atoms with E-state index in [2.05, 4.69) is 5.32 Å². The average molecular weight is 413 g/mol. The minimum atomic E-state index is -0.619. The topological polar surface area (TPSA) is 67.9 Å². The van der Waals surface area contributed by atoms with Crippen molar-refractivity contribution < 1.29 is 19.1 Å². The van der Waals surface area contributed by atoms with Gasteiger partial charge in [-0.1, -0.05) is 36.8 Å². The van der Waals surface area contributed by atoms with Crippen molar-refractivity contribution in [2.24, 2.45) is 0 Å². The molecule has 2 aromatic carbocycles. The first-order valence-corrected chi connectivity index (χ1v) is 10.3. The first-order chi connectivity index (χ1) is 14.3. The predicted octanol–water partition coefficient (Wildman–Crippen LogP) is 3.71. The normalized spacial score (nSPS) is 12.6. The molecule has 0 saturated heterocycles. The summed E-state index contributed by atoms with van der Waals surface area (Å²) in [5, 5.41) is 2.96. The van der Waals surface area contributed by atoms with E-state index in [9.17, 15) is 9.59 Å². The smallest absolute Gasteiger partial charge is 0.261 e. The van der Waals surface area contributed by atoms with E-state index in [1.807, 2.05) is 45.0 Å². The van der Waals surface area contributed by atoms with Gasteiger partial charge in [-0.05, 0) is 57.0 Å². The number of nitrogens with one attached hydrogen (secondary N) is 1. The molecule has 0 spiro atoms. The largest absolute Gasteiger partial charge is 0.497 e. The van der Waals surface area contributed by atoms with Crippen LogP contribution in [0.25, 0.3) is 0 Å². The highest BCUT2D eigenvalue weighted by molar-refractivity contribution is 5.88. The van der Waals surface area contributed by atoms with Crippen molar-refractivity contribution >= 4 is 11.8 Å². The lowest BCUT2D eigenvalue weighted by Gasteiger charge is -2.29. The number of ether oxygens (including phenoxy) is 2. The van der Waals surface area contributed by atoms with Crippen LogP contribution in [0, 0.1) is 6.92 Å². The lowest BCUT2D eigenvalue weighted by molar-refractivity contribution is -0.142. The zero-order chi connectivity index (χ0) is 22.1. The summed E-state index contributed by atoms with van der Waals surface area (Å²) in [6.45, 7) is 7.89. The molecular formula is C24H32N2O4. The van der Waals surface area contributed by atoms with Crippen LogP contribution >= 0.6 is 0 Å². The second-order valence-electron chi connectivity index (χ2n) is 7.47. The Morgan fingerprint density at radius 1 is 1.07 bits per heavy atom. The maximum atomic E-state index is 13.0. The van der Waals surface area contributed by atoms with Gasteiger partial charge in [0.05, 0.1) is 7.11 Å². The molecule has 0 unspecified atom stereocenters. The summed E-state index contributed by atoms with van der Waals surface area (Å²) in [6, 6.07) is 14.4. The molecule has 2 atom stereocenters. The third-order valence-corrected chi connectivity index (χ3v) is 5.03. The molecule has 6 nitrogen and oxygen atoms in total. The third kappa shape index (κ3) is 6.79. The Hall–Kier alpha value is -3.02. The Labute approximate surface area is 179 Å². The highest BCUT2D eigenvalue weighted by Crippen LogP contribution is 2.18. The van der Waals surface area contributed by atoms with Crippen molar-refractivity contribution in [3.05, 3.63) is 59.7 Å². The molecule has 0 fully saturated rings. The zero-order valence-corrected chi connectivity index (χ0v) is 18.5. The number of nitrogens with zero attached hydrogens (tertiary/aromatic N) is 1. The lowest BCUT2D eigenvalue weighted by atomic mass is 10.1. The summed E-state index contributed by atoms with van der Waals surface area (Å²) in [5.41, 5.74) is 2.07. The molecule has 0 bridgehead atoms. The molecule has 2 aromatic rings. The van der Waals surface area contributed by atoms with E-state index in [0.29, 0.717) is 18.0 Å². The van der Waals surface area contributed by atoms with Gasteiger partial charge in [-0.2, -0.15) is 0 Å². The summed E-state index contributed by atoms with van der Waals surface area (Å²) >= 11 is 0. The van der Waals surface area contributed by atoms with Crippen molar-refractivity contribution in [2.75, 3.05) is 13.7 Å². The number of amides is 2. The second kappa shape index (κ2) is 11.2. The van der Waals surface area contributed by atoms with Crippen LogP contribution in [-0.4, -0.2) is 42.5 Å². The van der Waals surface area contributed by atoms with Gasteiger partial charge in [-0.25, -0.2) is 0 Å². The molecule has 6 heteroatoms. The van der Waals surface area contributed by atoms with E-state index in [0.717, 1.165) is 17.5 Å². The second-order valence-corrected chi connectivity index (χ2v) is 7.47. The molecule has 0 aliphatic carbocycles. The quantitative estimate of drug-likeness (QED) is 0.646. The first kappa shape index (κ1) is 23.3. The van der Waals surface area contributed by atoms with E-state index >= 15 is 0 Å². The highest BCUT2D eigenvalue weighted by Gasteiger charge is 2.27. The maximum absolute atomic E-state index is 13.0. The molecular weight excluding hydrogens is 380 g/mol. The maximum Gasteiger partial charge on any atom is 0.261 e. The first-order valence-electron chi connectivity index (χ1n) is 10.3. The number of hydrogen-bond donors (Lipinski definition) is 1. The van der Waals surface area contributed by atoms with Crippen LogP contribution in [0.4, 0.5) is 0 Å². The number of benzene rings is 2. The SMILES string of the molecule is CC[C@H](C)NC(=O)[C@@H](C)N(Cc1cccc(C)c1)C(=O)COc1ccc(OC)cc1. The van der Waals surface area contributed by atoms with E-state index < -0.39 is 6.04 Å². The summed E-state index contributed by atoms with van der Waals surface area (Å²) in [6.07, 6.45) is 0.824. The van der Waals surface area contributed by atoms with Crippen LogP contribution in [0.15, 0.2) is 48.5 Å². The van der Waals surface area contributed by atoms with Crippen molar-refractivity contribution in [3.8, 4) is 11.5 Å². The number of rotatable bonds is 10. The fraction of sp³-hybridized carbons (Fsp3) is 0.417. The highest BCUT2D eigenvalue weighted by atomic mass is 16.5. The van der Waals surface area contributed by atoms with Gasteiger partial charge in [0.25, 0.3) is 5.91 Å². The van der Waals surface area contributed by atoms with E-state index in [1.165, 1.54) is 0 Å². The molecule has 0 aliphatic heterocycles. The van der Waals surface area contributed by atoms with E-state index in [-0.39, 0.29) is 24.5 Å². The lowest BCUT2D eigenvalue weighted by Crippen LogP contribution is -2.50. The monoisotopic (exact) mass is 412 g/mol. The Balaban J connectivity index is 2.13. The summed E-state index contributed by atoms with van der Waals surface area (Å²) in [5.74, 6) is 0.857. The Bertz CT molecular complexity index is 835. The zero-order valence-electron chi connectivity index (χ0n) is 18.5. The van der Waals surface area contributed by atoms with Gasteiger partial charge >= 0.3 is 0 Å². The minimum Gasteiger partial charge on any atom is -0.497 e. The van der Waals surface area contributed by atoms with Crippen LogP contribution in [0.5, 0.6) is 11.5 Å². The summed E-state index contributed by atoms with van der Waals surface area (Å²) < 4.78 is 10.8. The number of methoxy groups -OCH3 is 1. The molecule has 162 valence electrons. The van der Waals surface area contributed by atoms with Crippen molar-refractivity contribution in [3.63, 3.8) is 0 Å². The van der Waals surface area contributed by atoms with Crippen molar-refractivity contribution in [1.82, 2.24) is 10.2 Å². The van der Waals surface area contributed by atoms with Gasteiger partial charge in [0.1, 0.15) is 17.5 Å². The van der Waals surface area contributed by atoms with Crippen LogP contribution < -0.4 is 14.8 Å². The fourth-order valence-corrected chi connectivity index (χ4v) is 2.96. The van der Waals surface area contributed by atoms with Gasteiger partial charge < -0.3 is 19.7 Å². The summed E-state index contributed by atoms with van der Waals surface area (Å²) in [4.78, 5) is 27.3. The Kier molecular flexibility index (Phi) is 8.71.